The Morgan fingerprint density at radius 1 is 0.889 bits per heavy atom. The van der Waals surface area contributed by atoms with Crippen LogP contribution in [0.25, 0.3) is 0 Å². The Morgan fingerprint density at radius 3 is 2.22 bits per heavy atom. The van der Waals surface area contributed by atoms with Crippen LogP contribution < -0.4 is 20.4 Å². The third kappa shape index (κ3) is 6.78. The number of piperazine rings is 1. The molecule has 3 amide bonds. The second-order valence-corrected chi connectivity index (χ2v) is 15.8. The van der Waals surface area contributed by atoms with Crippen LogP contribution in [0.5, 0.6) is 0 Å². The first-order valence-electron chi connectivity index (χ1n) is 19.6. The molecule has 1 aromatic heterocycles. The molecule has 4 fully saturated rings. The van der Waals surface area contributed by atoms with Crippen LogP contribution >= 0.6 is 0 Å². The summed E-state index contributed by atoms with van der Waals surface area (Å²) < 4.78 is 0. The molecule has 3 saturated heterocycles. The van der Waals surface area contributed by atoms with Crippen molar-refractivity contribution >= 4 is 47.1 Å². The number of aliphatic hydroxyl groups excluding tert-OH is 1. The Kier molecular flexibility index (Phi) is 9.76. The van der Waals surface area contributed by atoms with E-state index in [1.807, 2.05) is 43.1 Å². The minimum absolute atomic E-state index is 0.0308. The number of hydrogen-bond acceptors (Lipinski definition) is 11. The lowest BCUT2D eigenvalue weighted by Gasteiger charge is -2.44. The van der Waals surface area contributed by atoms with E-state index in [1.54, 1.807) is 13.1 Å². The highest BCUT2D eigenvalue weighted by Crippen LogP contribution is 2.38. The van der Waals surface area contributed by atoms with E-state index in [0.29, 0.717) is 36.2 Å². The number of rotatable bonds is 6. The summed E-state index contributed by atoms with van der Waals surface area (Å²) in [5.41, 5.74) is 4.48. The van der Waals surface area contributed by atoms with Crippen molar-refractivity contribution in [2.24, 2.45) is 9.98 Å². The molecule has 1 aliphatic carbocycles. The fourth-order valence-corrected chi connectivity index (χ4v) is 9.22. The Labute approximate surface area is 316 Å². The number of allylic oxidation sites excluding steroid dienone is 1. The van der Waals surface area contributed by atoms with E-state index in [9.17, 15) is 19.5 Å². The lowest BCUT2D eigenvalue weighted by molar-refractivity contribution is -0.137. The molecule has 0 bridgehead atoms. The van der Waals surface area contributed by atoms with E-state index in [-0.39, 0.29) is 29.5 Å². The normalized spacial score (nSPS) is 26.9. The largest absolute Gasteiger partial charge is 0.512 e. The van der Waals surface area contributed by atoms with Gasteiger partial charge in [-0.25, -0.2) is 15.0 Å². The number of anilines is 3. The summed E-state index contributed by atoms with van der Waals surface area (Å²) in [7, 11) is 0. The number of aliphatic imine (C=N–C) groups is 2. The van der Waals surface area contributed by atoms with Gasteiger partial charge in [-0.1, -0.05) is 25.0 Å². The van der Waals surface area contributed by atoms with Crippen LogP contribution in [0.15, 0.2) is 75.1 Å². The van der Waals surface area contributed by atoms with Crippen LogP contribution in [0, 0.1) is 0 Å². The van der Waals surface area contributed by atoms with E-state index in [1.165, 1.54) is 5.69 Å². The molecule has 6 aliphatic rings. The third-order valence-corrected chi connectivity index (χ3v) is 12.6. The predicted molar refractivity (Wildman–Crippen MR) is 210 cm³/mol. The number of aromatic nitrogens is 1. The van der Waals surface area contributed by atoms with Gasteiger partial charge < -0.3 is 25.1 Å². The summed E-state index contributed by atoms with van der Waals surface area (Å²) in [5.74, 6) is 0.535. The quantitative estimate of drug-likeness (QED) is 0.219. The second-order valence-electron chi connectivity index (χ2n) is 15.8. The number of carbonyl (C=O) groups is 3. The van der Waals surface area contributed by atoms with Crippen molar-refractivity contribution in [3.63, 3.8) is 0 Å². The van der Waals surface area contributed by atoms with Gasteiger partial charge in [-0.15, -0.1) is 0 Å². The highest BCUT2D eigenvalue weighted by Gasteiger charge is 2.43. The molecule has 1 aromatic carbocycles. The molecule has 2 atom stereocenters. The van der Waals surface area contributed by atoms with Gasteiger partial charge in [0.1, 0.15) is 11.6 Å². The molecular weight excluding hydrogens is 683 g/mol. The molecule has 5 aliphatic heterocycles. The number of carbonyl (C=O) groups excluding carboxylic acids is 3. The molecular formula is C41H51N9O4. The number of imide groups is 1. The Bertz CT molecular complexity index is 1910. The molecule has 3 N–H and O–H groups in total. The minimum Gasteiger partial charge on any atom is -0.512 e. The van der Waals surface area contributed by atoms with Gasteiger partial charge in [0.15, 0.2) is 6.17 Å². The molecule has 13 nitrogen and oxygen atoms in total. The van der Waals surface area contributed by atoms with Gasteiger partial charge in [-0.05, 0) is 88.3 Å². The van der Waals surface area contributed by atoms with Crippen LogP contribution in [0.2, 0.25) is 0 Å². The number of aliphatic hydroxyl groups is 1. The average molecular weight is 734 g/mol. The highest BCUT2D eigenvalue weighted by atomic mass is 16.3. The number of piperidine rings is 2. The number of nitrogens with one attached hydrogen (secondary N) is 2. The standard InChI is InChI=1S/C41H51N9O4/c1-26-33-25-43-40(46-37(33)50(31-6-4-5-7-31)38(53)36(26)27(2)51)44-34-13-12-32(24-42-34)47-18-15-30(16-19-47)49-22-20-48(21-23-49)29-10-8-28(9-11-29)41(3)17-14-35(52)45-39(41)54/h8-13,24-25,30-31,37,51H,4-7,14-23H2,1-3H3,(H,42,44,46)(H,45,52,54)/b36-27+. The first kappa shape index (κ1) is 36.0. The van der Waals surface area contributed by atoms with Crippen molar-refractivity contribution in [1.29, 1.82) is 0 Å². The zero-order chi connectivity index (χ0) is 37.6. The van der Waals surface area contributed by atoms with E-state index >= 15 is 0 Å². The zero-order valence-electron chi connectivity index (χ0n) is 31.6. The smallest absolute Gasteiger partial charge is 0.259 e. The predicted octanol–water partition coefficient (Wildman–Crippen LogP) is 4.68. The van der Waals surface area contributed by atoms with Crippen LogP contribution in [0.3, 0.4) is 0 Å². The SMILES string of the molecule is CC1=C2C=NC(Nc3ccc(N4CCC(N5CCN(c6ccc(C7(C)CCC(=O)NC7=O)cc6)CC5)CC4)cn3)=NC2N(C2CCCC2)C(=O)/C1=C(\C)O. The molecule has 8 rings (SSSR count). The molecule has 54 heavy (non-hydrogen) atoms. The number of amides is 3. The Hall–Kier alpha value is -5.04. The lowest BCUT2D eigenvalue weighted by Crippen LogP contribution is -2.53. The van der Waals surface area contributed by atoms with Gasteiger partial charge in [-0.2, -0.15) is 0 Å². The van der Waals surface area contributed by atoms with Gasteiger partial charge in [-0.3, -0.25) is 24.6 Å². The Morgan fingerprint density at radius 2 is 1.57 bits per heavy atom. The average Bonchev–Trinajstić information content (AvgIpc) is 3.71. The molecule has 2 unspecified atom stereocenters. The van der Waals surface area contributed by atoms with Gasteiger partial charge in [0, 0.05) is 75.2 Å². The lowest BCUT2D eigenvalue weighted by atomic mass is 9.75. The number of fused-ring (bicyclic) bond motifs is 1. The van der Waals surface area contributed by atoms with E-state index in [0.717, 1.165) is 100 Å². The first-order chi connectivity index (χ1) is 26.1. The summed E-state index contributed by atoms with van der Waals surface area (Å²) in [6.07, 6.45) is 10.3. The van der Waals surface area contributed by atoms with E-state index in [4.69, 9.17) is 9.98 Å². The van der Waals surface area contributed by atoms with E-state index < -0.39 is 11.6 Å². The molecule has 0 radical (unpaired) electrons. The van der Waals surface area contributed by atoms with Crippen molar-refractivity contribution in [3.05, 3.63) is 70.6 Å². The molecule has 1 saturated carbocycles. The van der Waals surface area contributed by atoms with Crippen molar-refractivity contribution in [2.75, 3.05) is 54.4 Å². The number of pyridine rings is 1. The highest BCUT2D eigenvalue weighted by molar-refractivity contribution is 6.09. The number of benzene rings is 1. The second kappa shape index (κ2) is 14.7. The van der Waals surface area contributed by atoms with Crippen molar-refractivity contribution in [2.45, 2.75) is 95.8 Å². The summed E-state index contributed by atoms with van der Waals surface area (Å²) in [6.45, 7) is 11.3. The maximum atomic E-state index is 13.6. The van der Waals surface area contributed by atoms with Crippen LogP contribution in [-0.4, -0.2) is 107 Å². The topological polar surface area (TPSA) is 146 Å². The summed E-state index contributed by atoms with van der Waals surface area (Å²) in [4.78, 5) is 61.4. The molecule has 13 heteroatoms. The van der Waals surface area contributed by atoms with Crippen molar-refractivity contribution < 1.29 is 19.5 Å². The number of nitrogens with zero attached hydrogens (tertiary/aromatic N) is 7. The maximum absolute atomic E-state index is 13.6. The summed E-state index contributed by atoms with van der Waals surface area (Å²) in [6, 6.07) is 13.0. The maximum Gasteiger partial charge on any atom is 0.259 e. The third-order valence-electron chi connectivity index (χ3n) is 12.6. The molecule has 6 heterocycles. The Balaban J connectivity index is 0.838. The van der Waals surface area contributed by atoms with E-state index in [2.05, 4.69) is 48.5 Å². The summed E-state index contributed by atoms with van der Waals surface area (Å²) in [5, 5.41) is 16.2. The first-order valence-corrected chi connectivity index (χ1v) is 19.6. The molecule has 284 valence electrons. The zero-order valence-corrected chi connectivity index (χ0v) is 31.6. The fourth-order valence-electron chi connectivity index (χ4n) is 9.22. The van der Waals surface area contributed by atoms with Crippen LogP contribution in [0.1, 0.15) is 77.7 Å². The number of hydrogen-bond donors (Lipinski definition) is 3. The van der Waals surface area contributed by atoms with Crippen LogP contribution in [-0.2, 0) is 19.8 Å². The van der Waals surface area contributed by atoms with Crippen molar-refractivity contribution in [1.82, 2.24) is 20.1 Å². The molecule has 0 spiro atoms. The minimum atomic E-state index is -0.670. The van der Waals surface area contributed by atoms with Gasteiger partial charge in [0.2, 0.25) is 17.8 Å². The van der Waals surface area contributed by atoms with Crippen LogP contribution in [0.4, 0.5) is 17.2 Å². The fraction of sp³-hybridized carbons (Fsp3) is 0.512. The summed E-state index contributed by atoms with van der Waals surface area (Å²) >= 11 is 0. The monoisotopic (exact) mass is 733 g/mol. The number of guanidine groups is 1. The van der Waals surface area contributed by atoms with Gasteiger partial charge in [0.05, 0.1) is 22.9 Å². The molecule has 2 aromatic rings. The van der Waals surface area contributed by atoms with Crippen molar-refractivity contribution in [3.8, 4) is 0 Å². The van der Waals surface area contributed by atoms with Gasteiger partial charge in [0.25, 0.3) is 5.91 Å². The van der Waals surface area contributed by atoms with Gasteiger partial charge >= 0.3 is 0 Å².